The molecule has 2 aromatic rings. The van der Waals surface area contributed by atoms with Crippen molar-refractivity contribution in [2.24, 2.45) is 4.99 Å². The second-order valence-corrected chi connectivity index (χ2v) is 6.19. The van der Waals surface area contributed by atoms with E-state index in [4.69, 9.17) is 4.74 Å². The van der Waals surface area contributed by atoms with E-state index >= 15 is 0 Å². The zero-order valence-corrected chi connectivity index (χ0v) is 15.0. The summed E-state index contributed by atoms with van der Waals surface area (Å²) in [7, 11) is 3.45. The predicted molar refractivity (Wildman–Crippen MR) is 96.4 cm³/mol. The van der Waals surface area contributed by atoms with Crippen LogP contribution in [0.2, 0.25) is 0 Å². The fourth-order valence-electron chi connectivity index (χ4n) is 2.20. The molecule has 0 atom stereocenters. The van der Waals surface area contributed by atoms with Crippen LogP contribution in [0.1, 0.15) is 29.5 Å². The van der Waals surface area contributed by atoms with Gasteiger partial charge < -0.3 is 10.1 Å². The van der Waals surface area contributed by atoms with Crippen molar-refractivity contribution in [3.8, 4) is 16.3 Å². The third-order valence-electron chi connectivity index (χ3n) is 3.41. The number of nitrogens with zero attached hydrogens (tertiary/aromatic N) is 3. The van der Waals surface area contributed by atoms with Crippen molar-refractivity contribution in [1.82, 2.24) is 15.5 Å². The van der Waals surface area contributed by atoms with E-state index in [-0.39, 0.29) is 0 Å². The molecule has 0 radical (unpaired) electrons. The maximum atomic E-state index is 5.53. The highest BCUT2D eigenvalue weighted by atomic mass is 32.1. The molecule has 5 nitrogen and oxygen atoms in total. The fraction of sp³-hybridized carbons (Fsp3) is 0.353. The van der Waals surface area contributed by atoms with Crippen LogP contribution < -0.4 is 10.1 Å². The molecule has 1 heterocycles. The molecule has 6 heteroatoms. The topological polar surface area (TPSA) is 59.4 Å². The summed E-state index contributed by atoms with van der Waals surface area (Å²) in [6.45, 7) is 6.07. The number of aryl methyl sites for hydroxylation is 1. The SMILES string of the molecule is CC/C=C/NC(=NC)c1cc(-c2nnc(C)s2)cc(OC)c1C. The number of amidine groups is 1. The molecule has 0 saturated carbocycles. The molecule has 0 amide bonds. The highest BCUT2D eigenvalue weighted by molar-refractivity contribution is 7.14. The molecule has 0 fully saturated rings. The molecule has 1 aromatic heterocycles. The Hall–Kier alpha value is -2.21. The second-order valence-electron chi connectivity index (χ2n) is 5.00. The number of ether oxygens (including phenoxy) is 1. The molecule has 2 rings (SSSR count). The van der Waals surface area contributed by atoms with E-state index in [0.717, 1.165) is 44.7 Å². The first kappa shape index (κ1) is 17.1. The Bertz CT molecular complexity index is 734. The van der Waals surface area contributed by atoms with Crippen LogP contribution in [0.3, 0.4) is 0 Å². The lowest BCUT2D eigenvalue weighted by atomic mass is 10.0. The molecule has 23 heavy (non-hydrogen) atoms. The van der Waals surface area contributed by atoms with E-state index in [1.807, 2.05) is 26.1 Å². The van der Waals surface area contributed by atoms with E-state index in [1.54, 1.807) is 25.5 Å². The summed E-state index contributed by atoms with van der Waals surface area (Å²) in [5, 5.41) is 13.4. The number of methoxy groups -OCH3 is 1. The molecule has 0 bridgehead atoms. The van der Waals surface area contributed by atoms with Crippen molar-refractivity contribution in [2.75, 3.05) is 14.2 Å². The van der Waals surface area contributed by atoms with Crippen LogP contribution in [-0.4, -0.2) is 30.2 Å². The normalized spacial score (nSPS) is 12.0. The largest absolute Gasteiger partial charge is 0.496 e. The Morgan fingerprint density at radius 1 is 1.35 bits per heavy atom. The van der Waals surface area contributed by atoms with Gasteiger partial charge in [0.2, 0.25) is 0 Å². The second kappa shape index (κ2) is 7.87. The molecule has 1 aromatic carbocycles. The van der Waals surface area contributed by atoms with Crippen molar-refractivity contribution >= 4 is 17.2 Å². The molecular weight excluding hydrogens is 308 g/mol. The van der Waals surface area contributed by atoms with Gasteiger partial charge in [0.15, 0.2) is 0 Å². The molecule has 0 aliphatic rings. The summed E-state index contributed by atoms with van der Waals surface area (Å²) < 4.78 is 5.53. The third-order valence-corrected chi connectivity index (χ3v) is 4.29. The van der Waals surface area contributed by atoms with Gasteiger partial charge in [0.25, 0.3) is 0 Å². The molecular formula is C17H22N4OS. The van der Waals surface area contributed by atoms with Crippen molar-refractivity contribution in [1.29, 1.82) is 0 Å². The first-order valence-electron chi connectivity index (χ1n) is 7.48. The number of rotatable bonds is 5. The summed E-state index contributed by atoms with van der Waals surface area (Å²) >= 11 is 1.56. The van der Waals surface area contributed by atoms with Gasteiger partial charge in [-0.1, -0.05) is 24.3 Å². The smallest absolute Gasteiger partial charge is 0.147 e. The monoisotopic (exact) mass is 330 g/mol. The highest BCUT2D eigenvalue weighted by Gasteiger charge is 2.15. The van der Waals surface area contributed by atoms with E-state index in [1.165, 1.54) is 0 Å². The third kappa shape index (κ3) is 3.96. The first-order valence-corrected chi connectivity index (χ1v) is 8.30. The summed E-state index contributed by atoms with van der Waals surface area (Å²) in [5.74, 6) is 1.61. The van der Waals surface area contributed by atoms with Crippen molar-refractivity contribution < 1.29 is 4.74 Å². The predicted octanol–water partition coefficient (Wildman–Crippen LogP) is 3.72. The molecule has 1 N–H and O–H groups in total. The highest BCUT2D eigenvalue weighted by Crippen LogP contribution is 2.31. The Labute approximate surface area is 141 Å². The lowest BCUT2D eigenvalue weighted by Crippen LogP contribution is -2.20. The number of hydrogen-bond donors (Lipinski definition) is 1. The van der Waals surface area contributed by atoms with Gasteiger partial charge in [-0.15, -0.1) is 10.2 Å². The number of nitrogens with one attached hydrogen (secondary N) is 1. The summed E-state index contributed by atoms with van der Waals surface area (Å²) in [6, 6.07) is 4.07. The Morgan fingerprint density at radius 3 is 2.70 bits per heavy atom. The van der Waals surface area contributed by atoms with Gasteiger partial charge in [-0.25, -0.2) is 0 Å². The van der Waals surface area contributed by atoms with Crippen LogP contribution in [-0.2, 0) is 0 Å². The fourth-order valence-corrected chi connectivity index (χ4v) is 2.88. The quantitative estimate of drug-likeness (QED) is 0.670. The maximum Gasteiger partial charge on any atom is 0.147 e. The maximum absolute atomic E-state index is 5.53. The average Bonchev–Trinajstić information content (AvgIpc) is 2.99. The van der Waals surface area contributed by atoms with Crippen molar-refractivity contribution in [3.05, 3.63) is 40.5 Å². The van der Waals surface area contributed by atoms with E-state index in [0.29, 0.717) is 0 Å². The van der Waals surface area contributed by atoms with Crippen LogP contribution in [0.25, 0.3) is 10.6 Å². The number of allylic oxidation sites excluding steroid dienone is 1. The molecule has 0 aliphatic carbocycles. The Morgan fingerprint density at radius 2 is 2.13 bits per heavy atom. The first-order chi connectivity index (χ1) is 11.1. The molecule has 0 spiro atoms. The number of aromatic nitrogens is 2. The van der Waals surface area contributed by atoms with Gasteiger partial charge in [-0.2, -0.15) is 0 Å². The van der Waals surface area contributed by atoms with Crippen LogP contribution in [0, 0.1) is 13.8 Å². The van der Waals surface area contributed by atoms with E-state index < -0.39 is 0 Å². The number of hydrogen-bond acceptors (Lipinski definition) is 5. The van der Waals surface area contributed by atoms with Crippen LogP contribution in [0.4, 0.5) is 0 Å². The van der Waals surface area contributed by atoms with Gasteiger partial charge in [-0.05, 0) is 38.6 Å². The molecule has 122 valence electrons. The van der Waals surface area contributed by atoms with Crippen molar-refractivity contribution in [2.45, 2.75) is 27.2 Å². The van der Waals surface area contributed by atoms with E-state index in [2.05, 4.69) is 39.6 Å². The van der Waals surface area contributed by atoms with Gasteiger partial charge in [-0.3, -0.25) is 4.99 Å². The van der Waals surface area contributed by atoms with Crippen molar-refractivity contribution in [3.63, 3.8) is 0 Å². The lowest BCUT2D eigenvalue weighted by molar-refractivity contribution is 0.412. The molecule has 0 saturated heterocycles. The zero-order valence-electron chi connectivity index (χ0n) is 14.2. The summed E-state index contributed by atoms with van der Waals surface area (Å²) in [5.41, 5.74) is 3.02. The standard InChI is InChI=1S/C17H22N4OS/c1-6-7-8-19-16(18-4)14-9-13(10-15(22-5)11(14)2)17-21-20-12(3)23-17/h7-10H,6H2,1-5H3,(H,18,19)/b8-7+. The number of benzene rings is 1. The minimum Gasteiger partial charge on any atom is -0.496 e. The molecule has 0 unspecified atom stereocenters. The van der Waals surface area contributed by atoms with E-state index in [9.17, 15) is 0 Å². The van der Waals surface area contributed by atoms with Crippen LogP contribution >= 0.6 is 11.3 Å². The minimum absolute atomic E-state index is 0.800. The van der Waals surface area contributed by atoms with Gasteiger partial charge >= 0.3 is 0 Å². The lowest BCUT2D eigenvalue weighted by Gasteiger charge is -2.14. The van der Waals surface area contributed by atoms with Crippen LogP contribution in [0.5, 0.6) is 5.75 Å². The van der Waals surface area contributed by atoms with Gasteiger partial charge in [0.1, 0.15) is 21.6 Å². The number of aliphatic imine (C=N–C) groups is 1. The summed E-state index contributed by atoms with van der Waals surface area (Å²) in [6.07, 6.45) is 4.93. The minimum atomic E-state index is 0.800. The molecule has 0 aliphatic heterocycles. The van der Waals surface area contributed by atoms with Gasteiger partial charge in [0, 0.05) is 23.7 Å². The average molecular weight is 330 g/mol. The zero-order chi connectivity index (χ0) is 16.8. The summed E-state index contributed by atoms with van der Waals surface area (Å²) in [4.78, 5) is 4.37. The van der Waals surface area contributed by atoms with Gasteiger partial charge in [0.05, 0.1) is 7.11 Å². The Balaban J connectivity index is 2.51. The Kier molecular flexibility index (Phi) is 5.87. The van der Waals surface area contributed by atoms with Crippen LogP contribution in [0.15, 0.2) is 29.4 Å².